The summed E-state index contributed by atoms with van der Waals surface area (Å²) in [6, 6.07) is 0. The highest BCUT2D eigenvalue weighted by Gasteiger charge is 2.62. The maximum atomic E-state index is 6.26. The van der Waals surface area contributed by atoms with E-state index in [0.29, 0.717) is 5.92 Å². The standard InChI is InChI=1S/C15H26O4/c1-7-9-10(3)15(8-2)12(16-6)11-13(19-15)18-14(4,5)17-11/h7,10-13H,1,8-9H2,2-6H3/t10-,11+,12-,13-,15-/m0/s1. The third-order valence-corrected chi connectivity index (χ3v) is 4.36. The fourth-order valence-electron chi connectivity index (χ4n) is 3.43. The van der Waals surface area contributed by atoms with Crippen LogP contribution in [0.4, 0.5) is 0 Å². The molecular formula is C15H26O4. The maximum Gasteiger partial charge on any atom is 0.190 e. The van der Waals surface area contributed by atoms with Gasteiger partial charge in [-0.2, -0.15) is 0 Å². The Morgan fingerprint density at radius 1 is 1.32 bits per heavy atom. The molecule has 5 atom stereocenters. The van der Waals surface area contributed by atoms with E-state index < -0.39 is 5.79 Å². The number of fused-ring (bicyclic) bond motifs is 1. The maximum absolute atomic E-state index is 6.26. The zero-order valence-corrected chi connectivity index (χ0v) is 12.6. The molecule has 0 bridgehead atoms. The first-order valence-electron chi connectivity index (χ1n) is 7.07. The molecule has 0 aromatic carbocycles. The van der Waals surface area contributed by atoms with Crippen LogP contribution in [0.25, 0.3) is 0 Å². The van der Waals surface area contributed by atoms with Gasteiger partial charge in [-0.1, -0.05) is 19.9 Å². The fraction of sp³-hybridized carbons (Fsp3) is 0.867. The molecule has 110 valence electrons. The summed E-state index contributed by atoms with van der Waals surface area (Å²) in [5, 5.41) is 0. The van der Waals surface area contributed by atoms with E-state index in [1.165, 1.54) is 0 Å². The summed E-state index contributed by atoms with van der Waals surface area (Å²) >= 11 is 0. The van der Waals surface area contributed by atoms with Crippen LogP contribution in [-0.2, 0) is 18.9 Å². The number of hydrogen-bond acceptors (Lipinski definition) is 4. The van der Waals surface area contributed by atoms with Gasteiger partial charge < -0.3 is 18.9 Å². The molecule has 0 aliphatic carbocycles. The second kappa shape index (κ2) is 5.17. The van der Waals surface area contributed by atoms with Crippen molar-refractivity contribution in [3.8, 4) is 0 Å². The minimum absolute atomic E-state index is 0.112. The van der Waals surface area contributed by atoms with Crippen molar-refractivity contribution in [2.75, 3.05) is 7.11 Å². The highest BCUT2D eigenvalue weighted by Crippen LogP contribution is 2.48. The van der Waals surface area contributed by atoms with E-state index in [-0.39, 0.29) is 24.1 Å². The quantitative estimate of drug-likeness (QED) is 0.720. The lowest BCUT2D eigenvalue weighted by Gasteiger charge is -2.39. The molecule has 4 nitrogen and oxygen atoms in total. The summed E-state index contributed by atoms with van der Waals surface area (Å²) < 4.78 is 23.8. The molecule has 0 radical (unpaired) electrons. The van der Waals surface area contributed by atoms with Crippen molar-refractivity contribution >= 4 is 0 Å². The Bertz CT molecular complexity index is 341. The smallest absolute Gasteiger partial charge is 0.190 e. The molecule has 2 rings (SSSR count). The van der Waals surface area contributed by atoms with Crippen LogP contribution in [0.1, 0.15) is 40.5 Å². The number of allylic oxidation sites excluding steroid dienone is 1. The van der Waals surface area contributed by atoms with Crippen molar-refractivity contribution in [2.45, 2.75) is 70.4 Å². The predicted octanol–water partition coefficient (Wildman–Crippen LogP) is 2.87. The molecular weight excluding hydrogens is 244 g/mol. The minimum atomic E-state index is -0.603. The highest BCUT2D eigenvalue weighted by molar-refractivity contribution is 5.06. The molecule has 19 heavy (non-hydrogen) atoms. The molecule has 2 aliphatic heterocycles. The van der Waals surface area contributed by atoms with Crippen molar-refractivity contribution < 1.29 is 18.9 Å². The van der Waals surface area contributed by atoms with Gasteiger partial charge in [-0.3, -0.25) is 0 Å². The highest BCUT2D eigenvalue weighted by atomic mass is 16.8. The van der Waals surface area contributed by atoms with Crippen LogP contribution in [-0.4, -0.2) is 37.0 Å². The van der Waals surface area contributed by atoms with Crippen LogP contribution >= 0.6 is 0 Å². The van der Waals surface area contributed by atoms with Crippen LogP contribution < -0.4 is 0 Å². The zero-order chi connectivity index (χ0) is 14.3. The first kappa shape index (κ1) is 15.0. The third kappa shape index (κ3) is 2.35. The average Bonchev–Trinajstić information content (AvgIpc) is 2.78. The van der Waals surface area contributed by atoms with Gasteiger partial charge in [-0.05, 0) is 32.6 Å². The lowest BCUT2D eigenvalue weighted by molar-refractivity contribution is -0.252. The molecule has 2 fully saturated rings. The molecule has 4 heteroatoms. The molecule has 0 saturated carbocycles. The van der Waals surface area contributed by atoms with Gasteiger partial charge in [0.25, 0.3) is 0 Å². The van der Waals surface area contributed by atoms with E-state index in [1.54, 1.807) is 7.11 Å². The van der Waals surface area contributed by atoms with Crippen LogP contribution in [0.3, 0.4) is 0 Å². The Kier molecular flexibility index (Phi) is 4.07. The van der Waals surface area contributed by atoms with Gasteiger partial charge in [0.05, 0.1) is 0 Å². The van der Waals surface area contributed by atoms with Gasteiger partial charge in [0, 0.05) is 7.11 Å². The summed E-state index contributed by atoms with van der Waals surface area (Å²) in [5.41, 5.74) is -0.366. The van der Waals surface area contributed by atoms with Gasteiger partial charge in [0.1, 0.15) is 17.8 Å². The summed E-state index contributed by atoms with van der Waals surface area (Å²) in [7, 11) is 1.72. The van der Waals surface area contributed by atoms with Crippen molar-refractivity contribution in [1.29, 1.82) is 0 Å². The minimum Gasteiger partial charge on any atom is -0.376 e. The topological polar surface area (TPSA) is 36.9 Å². The second-order valence-corrected chi connectivity index (χ2v) is 5.98. The van der Waals surface area contributed by atoms with Gasteiger partial charge in [0.15, 0.2) is 12.1 Å². The molecule has 0 N–H and O–H groups in total. The Balaban J connectivity index is 2.26. The van der Waals surface area contributed by atoms with Gasteiger partial charge in [-0.15, -0.1) is 6.58 Å². The Hall–Kier alpha value is -0.420. The Labute approximate surface area is 116 Å². The normalized spacial score (nSPS) is 42.1. The van der Waals surface area contributed by atoms with Crippen LogP contribution in [0.2, 0.25) is 0 Å². The molecule has 2 aliphatic rings. The molecule has 0 amide bonds. The SMILES string of the molecule is C=CC[C@H](C)[C@]1(CC)O[C@@H]2OC(C)(C)O[C@@H]2[C@@H]1OC. The van der Waals surface area contributed by atoms with Crippen molar-refractivity contribution in [1.82, 2.24) is 0 Å². The van der Waals surface area contributed by atoms with E-state index >= 15 is 0 Å². The Morgan fingerprint density at radius 2 is 2.00 bits per heavy atom. The summed E-state index contributed by atoms with van der Waals surface area (Å²) in [6.45, 7) is 11.9. The van der Waals surface area contributed by atoms with Crippen molar-refractivity contribution in [2.24, 2.45) is 5.92 Å². The number of rotatable bonds is 5. The van der Waals surface area contributed by atoms with Crippen LogP contribution in [0.15, 0.2) is 12.7 Å². The molecule has 0 aromatic rings. The third-order valence-electron chi connectivity index (χ3n) is 4.36. The predicted molar refractivity (Wildman–Crippen MR) is 72.7 cm³/mol. The Morgan fingerprint density at radius 3 is 2.53 bits per heavy atom. The first-order valence-corrected chi connectivity index (χ1v) is 7.07. The van der Waals surface area contributed by atoms with E-state index in [9.17, 15) is 0 Å². The fourth-order valence-corrected chi connectivity index (χ4v) is 3.43. The van der Waals surface area contributed by atoms with E-state index in [0.717, 1.165) is 12.8 Å². The average molecular weight is 270 g/mol. The summed E-state index contributed by atoms with van der Waals surface area (Å²) in [6.07, 6.45) is 3.06. The lowest BCUT2D eigenvalue weighted by Crippen LogP contribution is -2.50. The molecule has 2 saturated heterocycles. The van der Waals surface area contributed by atoms with E-state index in [4.69, 9.17) is 18.9 Å². The first-order chi connectivity index (χ1) is 8.90. The molecule has 0 aromatic heterocycles. The summed E-state index contributed by atoms with van der Waals surface area (Å²) in [5.74, 6) is -0.297. The van der Waals surface area contributed by atoms with Crippen LogP contribution in [0.5, 0.6) is 0 Å². The largest absolute Gasteiger partial charge is 0.376 e. The van der Waals surface area contributed by atoms with Crippen molar-refractivity contribution in [3.63, 3.8) is 0 Å². The monoisotopic (exact) mass is 270 g/mol. The van der Waals surface area contributed by atoms with Crippen molar-refractivity contribution in [3.05, 3.63) is 12.7 Å². The second-order valence-electron chi connectivity index (χ2n) is 5.98. The molecule has 0 unspecified atom stereocenters. The lowest BCUT2D eigenvalue weighted by atomic mass is 9.79. The van der Waals surface area contributed by atoms with Gasteiger partial charge >= 0.3 is 0 Å². The van der Waals surface area contributed by atoms with Crippen LogP contribution in [0, 0.1) is 5.92 Å². The van der Waals surface area contributed by atoms with Gasteiger partial charge in [0.2, 0.25) is 0 Å². The number of ether oxygens (including phenoxy) is 4. The van der Waals surface area contributed by atoms with E-state index in [1.807, 2.05) is 19.9 Å². The van der Waals surface area contributed by atoms with E-state index in [2.05, 4.69) is 20.4 Å². The molecule has 2 heterocycles. The van der Waals surface area contributed by atoms with Gasteiger partial charge in [-0.25, -0.2) is 0 Å². The number of methoxy groups -OCH3 is 1. The number of hydrogen-bond donors (Lipinski definition) is 0. The summed E-state index contributed by atoms with van der Waals surface area (Å²) in [4.78, 5) is 0. The molecule has 0 spiro atoms. The zero-order valence-electron chi connectivity index (χ0n) is 12.6.